The first-order valence-corrected chi connectivity index (χ1v) is 7.22. The van der Waals surface area contributed by atoms with Crippen LogP contribution in [0.3, 0.4) is 0 Å². The number of nitrogens with zero attached hydrogens (tertiary/aromatic N) is 1. The summed E-state index contributed by atoms with van der Waals surface area (Å²) in [5, 5.41) is 0.118. The number of fused-ring (bicyclic) bond motifs is 1. The molecule has 1 saturated carbocycles. The van der Waals surface area contributed by atoms with Crippen LogP contribution in [0.1, 0.15) is 25.3 Å². The van der Waals surface area contributed by atoms with Crippen LogP contribution in [0.5, 0.6) is 0 Å². The quantitative estimate of drug-likeness (QED) is 0.818. The van der Waals surface area contributed by atoms with E-state index in [4.69, 9.17) is 0 Å². The average molecular weight is 247 g/mol. The summed E-state index contributed by atoms with van der Waals surface area (Å²) >= 11 is 1.74. The SMILES string of the molecule is CCN(C(=O)C1Cc2ccccc2S1)C1CC1. The molecule has 2 nitrogen and oxygen atoms in total. The summed E-state index contributed by atoms with van der Waals surface area (Å²) in [6, 6.07) is 8.92. The maximum Gasteiger partial charge on any atom is 0.236 e. The van der Waals surface area contributed by atoms with Crippen molar-refractivity contribution in [2.24, 2.45) is 0 Å². The first-order valence-electron chi connectivity index (χ1n) is 6.34. The lowest BCUT2D eigenvalue weighted by Gasteiger charge is -2.23. The summed E-state index contributed by atoms with van der Waals surface area (Å²) in [6.07, 6.45) is 3.30. The molecule has 1 aromatic rings. The molecule has 3 heteroatoms. The van der Waals surface area contributed by atoms with Crippen LogP contribution in [-0.2, 0) is 11.2 Å². The summed E-state index contributed by atoms with van der Waals surface area (Å²) in [5.41, 5.74) is 1.34. The van der Waals surface area contributed by atoms with E-state index < -0.39 is 0 Å². The number of hydrogen-bond acceptors (Lipinski definition) is 2. The minimum Gasteiger partial charge on any atom is -0.339 e. The first kappa shape index (κ1) is 11.1. The highest BCUT2D eigenvalue weighted by Gasteiger charge is 2.37. The van der Waals surface area contributed by atoms with Crippen LogP contribution in [0.4, 0.5) is 0 Å². The largest absolute Gasteiger partial charge is 0.339 e. The van der Waals surface area contributed by atoms with Gasteiger partial charge in [-0.15, -0.1) is 11.8 Å². The molecule has 1 unspecified atom stereocenters. The molecule has 0 N–H and O–H groups in total. The Bertz CT molecular complexity index is 417. The summed E-state index contributed by atoms with van der Waals surface area (Å²) < 4.78 is 0. The maximum absolute atomic E-state index is 12.4. The molecule has 0 saturated heterocycles. The van der Waals surface area contributed by atoms with E-state index in [2.05, 4.69) is 36.1 Å². The second-order valence-electron chi connectivity index (χ2n) is 4.77. The molecule has 17 heavy (non-hydrogen) atoms. The van der Waals surface area contributed by atoms with Gasteiger partial charge in [0.05, 0.1) is 5.25 Å². The van der Waals surface area contributed by atoms with E-state index in [1.165, 1.54) is 23.3 Å². The van der Waals surface area contributed by atoms with E-state index in [-0.39, 0.29) is 5.25 Å². The van der Waals surface area contributed by atoms with Crippen molar-refractivity contribution in [3.8, 4) is 0 Å². The van der Waals surface area contributed by atoms with Crippen molar-refractivity contribution in [2.75, 3.05) is 6.54 Å². The van der Waals surface area contributed by atoms with Crippen molar-refractivity contribution in [2.45, 2.75) is 42.4 Å². The zero-order valence-corrected chi connectivity index (χ0v) is 10.9. The Kier molecular flexibility index (Phi) is 2.87. The number of carbonyl (C=O) groups excluding carboxylic acids is 1. The number of amides is 1. The molecule has 1 fully saturated rings. The van der Waals surface area contributed by atoms with Crippen molar-refractivity contribution in [1.82, 2.24) is 4.90 Å². The van der Waals surface area contributed by atoms with Gasteiger partial charge in [0.25, 0.3) is 0 Å². The van der Waals surface area contributed by atoms with E-state index in [0.717, 1.165) is 13.0 Å². The fraction of sp³-hybridized carbons (Fsp3) is 0.500. The minimum atomic E-state index is 0.118. The van der Waals surface area contributed by atoms with Gasteiger partial charge in [-0.2, -0.15) is 0 Å². The van der Waals surface area contributed by atoms with Gasteiger partial charge in [-0.1, -0.05) is 18.2 Å². The van der Waals surface area contributed by atoms with Gasteiger partial charge in [-0.05, 0) is 37.8 Å². The standard InChI is InChI=1S/C14H17NOS/c1-2-15(11-7-8-11)14(16)13-9-10-5-3-4-6-12(10)17-13/h3-6,11,13H,2,7-9H2,1H3. The smallest absolute Gasteiger partial charge is 0.236 e. The van der Waals surface area contributed by atoms with Gasteiger partial charge >= 0.3 is 0 Å². The minimum absolute atomic E-state index is 0.118. The Morgan fingerprint density at radius 1 is 1.41 bits per heavy atom. The molecule has 1 aromatic carbocycles. The fourth-order valence-corrected chi connectivity index (χ4v) is 3.75. The molecule has 0 bridgehead atoms. The number of rotatable bonds is 3. The molecule has 90 valence electrons. The molecule has 2 aliphatic rings. The zero-order chi connectivity index (χ0) is 11.8. The van der Waals surface area contributed by atoms with E-state index in [1.807, 2.05) is 0 Å². The summed E-state index contributed by atoms with van der Waals surface area (Å²) in [5.74, 6) is 0.344. The zero-order valence-electron chi connectivity index (χ0n) is 10.1. The van der Waals surface area contributed by atoms with Crippen LogP contribution in [0, 0.1) is 0 Å². The number of carbonyl (C=O) groups is 1. The molecule has 1 atom stereocenters. The van der Waals surface area contributed by atoms with Crippen molar-refractivity contribution < 1.29 is 4.79 Å². The lowest BCUT2D eigenvalue weighted by Crippen LogP contribution is -2.39. The van der Waals surface area contributed by atoms with Crippen LogP contribution in [0.15, 0.2) is 29.2 Å². The summed E-state index contributed by atoms with van der Waals surface area (Å²) in [6.45, 7) is 2.94. The molecule has 3 rings (SSSR count). The monoisotopic (exact) mass is 247 g/mol. The van der Waals surface area contributed by atoms with Gasteiger partial charge in [-0.3, -0.25) is 4.79 Å². The third-order valence-corrected chi connectivity index (χ3v) is 4.84. The maximum atomic E-state index is 12.4. The highest BCUT2D eigenvalue weighted by atomic mass is 32.2. The molecule has 1 aliphatic carbocycles. The normalized spacial score (nSPS) is 22.3. The third-order valence-electron chi connectivity index (χ3n) is 3.53. The topological polar surface area (TPSA) is 20.3 Å². The summed E-state index contributed by atoms with van der Waals surface area (Å²) in [4.78, 5) is 15.8. The Balaban J connectivity index is 1.73. The Labute approximate surface area is 106 Å². The molecule has 1 amide bonds. The van der Waals surface area contributed by atoms with Crippen LogP contribution in [-0.4, -0.2) is 28.6 Å². The van der Waals surface area contributed by atoms with Crippen molar-refractivity contribution in [1.29, 1.82) is 0 Å². The van der Waals surface area contributed by atoms with Crippen LogP contribution in [0.25, 0.3) is 0 Å². The molecule has 1 aliphatic heterocycles. The molecular weight excluding hydrogens is 230 g/mol. The highest BCUT2D eigenvalue weighted by molar-refractivity contribution is 8.01. The van der Waals surface area contributed by atoms with Crippen LogP contribution in [0.2, 0.25) is 0 Å². The van der Waals surface area contributed by atoms with Gasteiger partial charge in [0.1, 0.15) is 0 Å². The van der Waals surface area contributed by atoms with Gasteiger partial charge in [0.2, 0.25) is 5.91 Å². The summed E-state index contributed by atoms with van der Waals surface area (Å²) in [7, 11) is 0. The number of benzene rings is 1. The predicted octanol–water partition coefficient (Wildman–Crippen LogP) is 2.71. The highest BCUT2D eigenvalue weighted by Crippen LogP contribution is 2.39. The second-order valence-corrected chi connectivity index (χ2v) is 6.02. The van der Waals surface area contributed by atoms with Crippen molar-refractivity contribution in [3.05, 3.63) is 29.8 Å². The molecule has 1 heterocycles. The van der Waals surface area contributed by atoms with Gasteiger partial charge in [0, 0.05) is 17.5 Å². The Morgan fingerprint density at radius 3 is 2.82 bits per heavy atom. The average Bonchev–Trinajstić information content (AvgIpc) is 3.08. The van der Waals surface area contributed by atoms with Crippen molar-refractivity contribution in [3.63, 3.8) is 0 Å². The fourth-order valence-electron chi connectivity index (χ4n) is 2.48. The van der Waals surface area contributed by atoms with E-state index in [1.54, 1.807) is 11.8 Å². The van der Waals surface area contributed by atoms with E-state index >= 15 is 0 Å². The molecular formula is C14H17NOS. The molecule has 0 radical (unpaired) electrons. The Morgan fingerprint density at radius 2 is 2.18 bits per heavy atom. The first-order chi connectivity index (χ1) is 8.29. The second kappa shape index (κ2) is 4.37. The Hall–Kier alpha value is -0.960. The number of thioether (sulfide) groups is 1. The lowest BCUT2D eigenvalue weighted by molar-refractivity contribution is -0.130. The van der Waals surface area contributed by atoms with Crippen LogP contribution >= 0.6 is 11.8 Å². The van der Waals surface area contributed by atoms with Crippen molar-refractivity contribution >= 4 is 17.7 Å². The number of hydrogen-bond donors (Lipinski definition) is 0. The molecule has 0 aromatic heterocycles. The van der Waals surface area contributed by atoms with Gasteiger partial charge in [0.15, 0.2) is 0 Å². The third kappa shape index (κ3) is 2.08. The van der Waals surface area contributed by atoms with Gasteiger partial charge in [-0.25, -0.2) is 0 Å². The lowest BCUT2D eigenvalue weighted by atomic mass is 10.1. The van der Waals surface area contributed by atoms with Gasteiger partial charge < -0.3 is 4.90 Å². The molecule has 0 spiro atoms. The predicted molar refractivity (Wildman–Crippen MR) is 70.2 cm³/mol. The van der Waals surface area contributed by atoms with E-state index in [0.29, 0.717) is 11.9 Å². The van der Waals surface area contributed by atoms with Crippen LogP contribution < -0.4 is 0 Å². The van der Waals surface area contributed by atoms with E-state index in [9.17, 15) is 4.79 Å².